The molecule has 33 heavy (non-hydrogen) atoms. The normalized spacial score (nSPS) is 24.8. The molecule has 176 valence electrons. The van der Waals surface area contributed by atoms with Crippen LogP contribution in [0, 0.1) is 0 Å². The summed E-state index contributed by atoms with van der Waals surface area (Å²) in [7, 11) is -4.58. The van der Waals surface area contributed by atoms with Crippen molar-refractivity contribution in [2.75, 3.05) is 0 Å². The number of ether oxygens (including phenoxy) is 2. The average Bonchev–Trinajstić information content (AvgIpc) is 3.22. The van der Waals surface area contributed by atoms with Gasteiger partial charge in [0, 0.05) is 0 Å². The Morgan fingerprint density at radius 3 is 1.88 bits per heavy atom. The molecule has 1 heterocycles. The Morgan fingerprint density at radius 1 is 0.939 bits per heavy atom. The lowest BCUT2D eigenvalue weighted by molar-refractivity contribution is -0.152. The molecule has 1 aliphatic carbocycles. The zero-order chi connectivity index (χ0) is 24.0. The minimum atomic E-state index is -2.94. The number of fused-ring (bicyclic) bond motifs is 1. The molecule has 1 saturated heterocycles. The monoisotopic (exact) mass is 466 g/mol. The van der Waals surface area contributed by atoms with Crippen molar-refractivity contribution in [1.29, 1.82) is 0 Å². The first-order chi connectivity index (χ1) is 15.5. The van der Waals surface area contributed by atoms with Gasteiger partial charge in [-0.05, 0) is 46.7 Å². The molecule has 3 atom stereocenters. The van der Waals surface area contributed by atoms with Crippen molar-refractivity contribution in [3.05, 3.63) is 71.7 Å². The molecule has 4 rings (SSSR count). The van der Waals surface area contributed by atoms with Crippen molar-refractivity contribution < 1.29 is 23.9 Å². The molecule has 0 bridgehead atoms. The van der Waals surface area contributed by atoms with E-state index in [4.69, 9.17) is 13.9 Å². The van der Waals surface area contributed by atoms with Gasteiger partial charge in [-0.15, -0.1) is 0 Å². The predicted octanol–water partition coefficient (Wildman–Crippen LogP) is 3.18. The van der Waals surface area contributed by atoms with E-state index in [9.17, 15) is 10.0 Å². The van der Waals surface area contributed by atoms with Crippen molar-refractivity contribution in [1.82, 2.24) is 0 Å². The van der Waals surface area contributed by atoms with Gasteiger partial charge in [0.2, 0.25) is 0 Å². The Labute approximate surface area is 198 Å². The maximum Gasteiger partial charge on any atom is 0.486 e. The van der Waals surface area contributed by atoms with Crippen LogP contribution in [0.25, 0.3) is 0 Å². The van der Waals surface area contributed by atoms with Crippen LogP contribution in [0.2, 0.25) is 5.04 Å². The molecule has 0 unspecified atom stereocenters. The summed E-state index contributed by atoms with van der Waals surface area (Å²) in [6.07, 6.45) is -0.787. The number of hydrogen-bond acceptors (Lipinski definition) is 5. The maximum atomic E-state index is 10.5. The van der Waals surface area contributed by atoms with Gasteiger partial charge >= 0.3 is 7.12 Å². The molecule has 1 fully saturated rings. The summed E-state index contributed by atoms with van der Waals surface area (Å²) < 4.78 is 19.9. The molecule has 7 heteroatoms. The molecule has 0 spiro atoms. The number of rotatable bonds is 6. The average molecular weight is 466 g/mol. The molecule has 2 aliphatic rings. The quantitative estimate of drug-likeness (QED) is 0.641. The summed E-state index contributed by atoms with van der Waals surface area (Å²) in [5.74, 6) is -0.769. The highest BCUT2D eigenvalue weighted by Crippen LogP contribution is 2.47. The van der Waals surface area contributed by atoms with E-state index in [0.29, 0.717) is 11.9 Å². The van der Waals surface area contributed by atoms with Crippen LogP contribution in [-0.4, -0.2) is 49.6 Å². The molecular weight excluding hydrogens is 431 g/mol. The van der Waals surface area contributed by atoms with E-state index in [1.54, 1.807) is 0 Å². The first kappa shape index (κ1) is 24.4. The summed E-state index contributed by atoms with van der Waals surface area (Å²) in [6.45, 7) is 12.4. The molecule has 2 aromatic carbocycles. The van der Waals surface area contributed by atoms with Crippen molar-refractivity contribution >= 4 is 25.8 Å². The highest BCUT2D eigenvalue weighted by molar-refractivity contribution is 6.99. The zero-order valence-corrected chi connectivity index (χ0v) is 21.4. The van der Waals surface area contributed by atoms with Crippen LogP contribution in [-0.2, 0) is 13.9 Å². The molecule has 0 amide bonds. The lowest BCUT2D eigenvalue weighted by Crippen LogP contribution is -2.68. The van der Waals surface area contributed by atoms with E-state index < -0.39 is 33.4 Å². The van der Waals surface area contributed by atoms with E-state index in [1.807, 2.05) is 57.2 Å². The van der Waals surface area contributed by atoms with Crippen molar-refractivity contribution in [3.8, 4) is 0 Å². The van der Waals surface area contributed by atoms with Gasteiger partial charge < -0.3 is 23.9 Å². The first-order valence-electron chi connectivity index (χ1n) is 11.8. The summed E-state index contributed by atoms with van der Waals surface area (Å²) in [5.41, 5.74) is 1.35. The van der Waals surface area contributed by atoms with Gasteiger partial charge in [0.15, 0.2) is 5.79 Å². The Kier molecular flexibility index (Phi) is 6.50. The molecule has 1 aliphatic heterocycles. The Hall–Kier alpha value is -1.74. The van der Waals surface area contributed by atoms with Gasteiger partial charge in [-0.3, -0.25) is 0 Å². The second-order valence-corrected chi connectivity index (χ2v) is 14.7. The summed E-state index contributed by atoms with van der Waals surface area (Å²) in [5, 5.41) is 23.0. The maximum absolute atomic E-state index is 10.5. The van der Waals surface area contributed by atoms with Crippen LogP contribution in [0.5, 0.6) is 0 Å². The summed E-state index contributed by atoms with van der Waals surface area (Å²) in [6, 6.07) is 20.7. The van der Waals surface area contributed by atoms with E-state index in [1.165, 1.54) is 0 Å². The minimum absolute atomic E-state index is 0.249. The number of benzene rings is 2. The smallest absolute Gasteiger partial charge is 0.423 e. The highest BCUT2D eigenvalue weighted by atomic mass is 28.4. The fourth-order valence-corrected chi connectivity index (χ4v) is 10.2. The van der Waals surface area contributed by atoms with Crippen LogP contribution < -0.4 is 10.4 Å². The largest absolute Gasteiger partial charge is 0.486 e. The van der Waals surface area contributed by atoms with Crippen molar-refractivity contribution in [2.45, 2.75) is 77.1 Å². The Bertz CT molecular complexity index is 961. The number of hydrogen-bond donors (Lipinski definition) is 2. The second kappa shape index (κ2) is 8.80. The fourth-order valence-electron chi connectivity index (χ4n) is 5.53. The van der Waals surface area contributed by atoms with Crippen molar-refractivity contribution in [2.24, 2.45) is 0 Å². The summed E-state index contributed by atoms with van der Waals surface area (Å²) >= 11 is 0. The first-order valence-corrected chi connectivity index (χ1v) is 13.7. The molecule has 0 saturated carbocycles. The van der Waals surface area contributed by atoms with Crippen LogP contribution >= 0.6 is 0 Å². The van der Waals surface area contributed by atoms with Gasteiger partial charge in [-0.25, -0.2) is 0 Å². The third-order valence-corrected chi connectivity index (χ3v) is 11.8. The Balaban J connectivity index is 1.93. The van der Waals surface area contributed by atoms with Crippen LogP contribution in [0.4, 0.5) is 0 Å². The molecule has 5 nitrogen and oxygen atoms in total. The van der Waals surface area contributed by atoms with Gasteiger partial charge in [0.1, 0.15) is 12.2 Å². The standard InChI is InChI=1S/C26H35BO5Si/c1-7-20-21(27(28)29)23(24-22(20)30-26(5,6)31-24)32-33(25(2,3)4,18-14-10-8-11-15-18)19-16-12-9-13-17-19/h8-17,22-24,28-29H,7H2,1-6H3/t22-,23+,24-/m1/s1. The molecule has 2 N–H and O–H groups in total. The predicted molar refractivity (Wildman–Crippen MR) is 134 cm³/mol. The SMILES string of the molecule is CCC1=C(B(O)O)[C@H](O[Si](c2ccccc2)(c2ccccc2)C(C)(C)C)[C@@H]2OC(C)(C)O[C@H]12. The third kappa shape index (κ3) is 4.16. The lowest BCUT2D eigenvalue weighted by atomic mass is 9.75. The van der Waals surface area contributed by atoms with Crippen LogP contribution in [0.3, 0.4) is 0 Å². The zero-order valence-electron chi connectivity index (χ0n) is 20.4. The lowest BCUT2D eigenvalue weighted by Gasteiger charge is -2.45. The molecule has 0 radical (unpaired) electrons. The van der Waals surface area contributed by atoms with Gasteiger partial charge in [0.05, 0.1) is 6.10 Å². The fraction of sp³-hybridized carbons (Fsp3) is 0.462. The van der Waals surface area contributed by atoms with Crippen LogP contribution in [0.1, 0.15) is 48.0 Å². The van der Waals surface area contributed by atoms with Crippen molar-refractivity contribution in [3.63, 3.8) is 0 Å². The van der Waals surface area contributed by atoms with E-state index >= 15 is 0 Å². The topological polar surface area (TPSA) is 68.2 Å². The van der Waals surface area contributed by atoms with Crippen LogP contribution in [0.15, 0.2) is 71.7 Å². The van der Waals surface area contributed by atoms with Gasteiger partial charge in [0.25, 0.3) is 8.32 Å². The van der Waals surface area contributed by atoms with Gasteiger partial charge in [-0.1, -0.05) is 88.4 Å². The highest BCUT2D eigenvalue weighted by Gasteiger charge is 2.60. The molecular formula is C26H35BO5Si. The third-order valence-electron chi connectivity index (χ3n) is 6.83. The van der Waals surface area contributed by atoms with E-state index in [0.717, 1.165) is 15.9 Å². The molecule has 0 aromatic heterocycles. The Morgan fingerprint density at radius 2 is 1.45 bits per heavy atom. The van der Waals surface area contributed by atoms with E-state index in [2.05, 4.69) is 45.0 Å². The second-order valence-electron chi connectivity index (χ2n) is 10.4. The van der Waals surface area contributed by atoms with E-state index in [-0.39, 0.29) is 11.1 Å². The molecule has 2 aromatic rings. The van der Waals surface area contributed by atoms with Gasteiger partial charge in [-0.2, -0.15) is 0 Å². The minimum Gasteiger partial charge on any atom is -0.423 e. The summed E-state index contributed by atoms with van der Waals surface area (Å²) in [4.78, 5) is 0.